The molecule has 148 valence electrons. The van der Waals surface area contributed by atoms with Crippen molar-refractivity contribution in [2.45, 2.75) is 57.7 Å². The van der Waals surface area contributed by atoms with E-state index in [1.54, 1.807) is 23.1 Å². The second kappa shape index (κ2) is 8.71. The molecule has 2 saturated heterocycles. The van der Waals surface area contributed by atoms with Crippen molar-refractivity contribution in [3.63, 3.8) is 0 Å². The summed E-state index contributed by atoms with van der Waals surface area (Å²) in [7, 11) is 1.83. The van der Waals surface area contributed by atoms with Crippen molar-refractivity contribution in [1.29, 1.82) is 0 Å². The second-order valence-corrected chi connectivity index (χ2v) is 7.34. The molecule has 0 saturated carbocycles. The molecule has 8 heteroatoms. The molecule has 2 fully saturated rings. The van der Waals surface area contributed by atoms with Gasteiger partial charge in [-0.25, -0.2) is 0 Å². The molecule has 2 heterocycles. The van der Waals surface area contributed by atoms with E-state index in [1.807, 2.05) is 7.05 Å². The first kappa shape index (κ1) is 21.2. The third-order valence-corrected chi connectivity index (χ3v) is 5.14. The van der Waals surface area contributed by atoms with E-state index in [1.165, 1.54) is 26.7 Å². The average molecular weight is 395 g/mol. The highest BCUT2D eigenvalue weighted by Gasteiger charge is 2.36. The van der Waals surface area contributed by atoms with E-state index in [0.29, 0.717) is 29.0 Å². The van der Waals surface area contributed by atoms with Crippen LogP contribution in [-0.4, -0.2) is 47.8 Å². The van der Waals surface area contributed by atoms with Crippen molar-refractivity contribution in [1.82, 2.24) is 10.2 Å². The van der Waals surface area contributed by atoms with Crippen LogP contribution in [0.15, 0.2) is 18.2 Å². The van der Waals surface area contributed by atoms with Crippen LogP contribution in [0.1, 0.15) is 49.9 Å². The van der Waals surface area contributed by atoms with Gasteiger partial charge in [0.15, 0.2) is 0 Å². The zero-order valence-corrected chi connectivity index (χ0v) is 16.7. The van der Waals surface area contributed by atoms with Gasteiger partial charge < -0.3 is 20.9 Å². The summed E-state index contributed by atoms with van der Waals surface area (Å²) in [5.74, 6) is -0.562. The maximum absolute atomic E-state index is 13.0. The van der Waals surface area contributed by atoms with Gasteiger partial charge >= 0.3 is 0 Å². The van der Waals surface area contributed by atoms with Crippen LogP contribution in [0.2, 0.25) is 0 Å². The lowest BCUT2D eigenvalue weighted by atomic mass is 9.98. The number of halogens is 1. The van der Waals surface area contributed by atoms with E-state index in [9.17, 15) is 14.4 Å². The number of amides is 3. The van der Waals surface area contributed by atoms with E-state index in [2.05, 4.69) is 16.0 Å². The molecule has 2 unspecified atom stereocenters. The monoisotopic (exact) mass is 394 g/mol. The predicted octanol–water partition coefficient (Wildman–Crippen LogP) is 2.38. The van der Waals surface area contributed by atoms with Gasteiger partial charge in [-0.05, 0) is 43.9 Å². The van der Waals surface area contributed by atoms with Crippen LogP contribution in [0.4, 0.5) is 11.4 Å². The Kier molecular flexibility index (Phi) is 6.84. The summed E-state index contributed by atoms with van der Waals surface area (Å²) >= 11 is 0. The molecule has 0 aliphatic carbocycles. The Hall–Kier alpha value is -2.12. The lowest BCUT2D eigenvalue weighted by Crippen LogP contribution is -2.48. The number of rotatable bonds is 4. The van der Waals surface area contributed by atoms with Gasteiger partial charge in [-0.15, -0.1) is 12.4 Å². The zero-order chi connectivity index (χ0) is 18.8. The minimum absolute atomic E-state index is 0. The first-order valence-corrected chi connectivity index (χ1v) is 9.05. The number of anilines is 2. The Morgan fingerprint density at radius 2 is 1.44 bits per heavy atom. The van der Waals surface area contributed by atoms with E-state index in [-0.39, 0.29) is 36.2 Å². The van der Waals surface area contributed by atoms with Gasteiger partial charge in [-0.2, -0.15) is 0 Å². The molecule has 3 rings (SSSR count). The number of hydrogen-bond donors (Lipinski definition) is 3. The molecule has 27 heavy (non-hydrogen) atoms. The number of carbonyl (C=O) groups excluding carboxylic acids is 3. The number of benzene rings is 1. The lowest BCUT2D eigenvalue weighted by Gasteiger charge is -2.35. The van der Waals surface area contributed by atoms with Gasteiger partial charge in [-0.3, -0.25) is 14.4 Å². The molecule has 0 spiro atoms. The summed E-state index contributed by atoms with van der Waals surface area (Å²) < 4.78 is 0. The largest absolute Gasteiger partial charge is 0.339 e. The topological polar surface area (TPSA) is 90.5 Å². The van der Waals surface area contributed by atoms with Crippen LogP contribution in [0.25, 0.3) is 0 Å². The van der Waals surface area contributed by atoms with Crippen LogP contribution in [0.3, 0.4) is 0 Å². The number of fused-ring (bicyclic) bond motifs is 2. The highest BCUT2D eigenvalue weighted by Crippen LogP contribution is 2.30. The summed E-state index contributed by atoms with van der Waals surface area (Å²) in [4.78, 5) is 37.6. The standard InChI is InChI=1S/C19H26N4O3.ClH/c1-11(24)20-16-6-13(7-17(8-16)21-12(2)25)19(26)23(3)18-9-14-4-5-15(10-18)22-14;/h6-8,14-15,18,22H,4-5,9-10H2,1-3H3,(H,20,24)(H,21,25);1H. The van der Waals surface area contributed by atoms with Crippen LogP contribution in [-0.2, 0) is 9.59 Å². The number of hydrogen-bond acceptors (Lipinski definition) is 4. The Balaban J connectivity index is 0.00000261. The van der Waals surface area contributed by atoms with Crippen LogP contribution in [0, 0.1) is 0 Å². The minimum atomic E-state index is -0.230. The molecule has 2 aliphatic heterocycles. The molecule has 2 bridgehead atoms. The quantitative estimate of drug-likeness (QED) is 0.731. The van der Waals surface area contributed by atoms with Gasteiger partial charge in [0, 0.05) is 56.0 Å². The first-order chi connectivity index (χ1) is 12.3. The van der Waals surface area contributed by atoms with Gasteiger partial charge in [-0.1, -0.05) is 0 Å². The minimum Gasteiger partial charge on any atom is -0.339 e. The summed E-state index contributed by atoms with van der Waals surface area (Å²) in [5, 5.41) is 8.95. The van der Waals surface area contributed by atoms with Crippen molar-refractivity contribution in [2.24, 2.45) is 0 Å². The van der Waals surface area contributed by atoms with Crippen LogP contribution < -0.4 is 16.0 Å². The number of carbonyl (C=O) groups is 3. The molecule has 2 aliphatic rings. The molecule has 3 amide bonds. The first-order valence-electron chi connectivity index (χ1n) is 9.05. The van der Waals surface area contributed by atoms with Gasteiger partial charge in [0.1, 0.15) is 0 Å². The maximum atomic E-state index is 13.0. The molecule has 2 atom stereocenters. The predicted molar refractivity (Wildman–Crippen MR) is 107 cm³/mol. The normalized spacial score (nSPS) is 23.1. The van der Waals surface area contributed by atoms with Gasteiger partial charge in [0.2, 0.25) is 11.8 Å². The third-order valence-electron chi connectivity index (χ3n) is 5.14. The maximum Gasteiger partial charge on any atom is 0.253 e. The Labute approximate surface area is 165 Å². The van der Waals surface area contributed by atoms with Crippen molar-refractivity contribution in [3.05, 3.63) is 23.8 Å². The van der Waals surface area contributed by atoms with E-state index in [0.717, 1.165) is 12.8 Å². The summed E-state index contributed by atoms with van der Waals surface area (Å²) in [5.41, 5.74) is 1.44. The van der Waals surface area contributed by atoms with Crippen molar-refractivity contribution in [2.75, 3.05) is 17.7 Å². The molecule has 3 N–H and O–H groups in total. The zero-order valence-electron chi connectivity index (χ0n) is 15.9. The molecule has 0 aromatic heterocycles. The second-order valence-electron chi connectivity index (χ2n) is 7.34. The molecule has 7 nitrogen and oxygen atoms in total. The van der Waals surface area contributed by atoms with Gasteiger partial charge in [0.05, 0.1) is 0 Å². The molecular weight excluding hydrogens is 368 g/mol. The van der Waals surface area contributed by atoms with Crippen LogP contribution >= 0.6 is 12.4 Å². The van der Waals surface area contributed by atoms with E-state index < -0.39 is 0 Å². The van der Waals surface area contributed by atoms with Crippen molar-refractivity contribution in [3.8, 4) is 0 Å². The fourth-order valence-electron chi connectivity index (χ4n) is 4.01. The van der Waals surface area contributed by atoms with Crippen molar-refractivity contribution < 1.29 is 14.4 Å². The Morgan fingerprint density at radius 3 is 1.89 bits per heavy atom. The molecule has 0 radical (unpaired) electrons. The Morgan fingerprint density at radius 1 is 0.963 bits per heavy atom. The average Bonchev–Trinajstić information content (AvgIpc) is 2.90. The smallest absolute Gasteiger partial charge is 0.253 e. The summed E-state index contributed by atoms with van der Waals surface area (Å²) in [6, 6.07) is 6.14. The molecule has 1 aromatic carbocycles. The van der Waals surface area contributed by atoms with Crippen molar-refractivity contribution >= 4 is 41.5 Å². The number of nitrogens with zero attached hydrogens (tertiary/aromatic N) is 1. The SMILES string of the molecule is CC(=O)Nc1cc(NC(C)=O)cc(C(=O)N(C)C2CC3CCC(C2)N3)c1.Cl. The van der Waals surface area contributed by atoms with E-state index >= 15 is 0 Å². The number of piperidine rings is 1. The summed E-state index contributed by atoms with van der Waals surface area (Å²) in [6.07, 6.45) is 4.27. The molecular formula is C19H27ClN4O3. The number of nitrogens with one attached hydrogen (secondary N) is 3. The fourth-order valence-corrected chi connectivity index (χ4v) is 4.01. The lowest BCUT2D eigenvalue weighted by molar-refractivity contribution is -0.115. The highest BCUT2D eigenvalue weighted by atomic mass is 35.5. The van der Waals surface area contributed by atoms with Crippen LogP contribution in [0.5, 0.6) is 0 Å². The highest BCUT2D eigenvalue weighted by molar-refractivity contribution is 6.00. The summed E-state index contributed by atoms with van der Waals surface area (Å²) in [6.45, 7) is 2.81. The Bertz CT molecular complexity index is 693. The van der Waals surface area contributed by atoms with E-state index in [4.69, 9.17) is 0 Å². The molecule has 1 aromatic rings. The fraction of sp³-hybridized carbons (Fsp3) is 0.526. The third kappa shape index (κ3) is 5.20. The van der Waals surface area contributed by atoms with Gasteiger partial charge in [0.25, 0.3) is 5.91 Å².